The van der Waals surface area contributed by atoms with Gasteiger partial charge in [0.05, 0.1) is 12.2 Å². The number of piperidine rings is 2. The molecule has 2 saturated heterocycles. The summed E-state index contributed by atoms with van der Waals surface area (Å²) in [6.45, 7) is 16.2. The highest BCUT2D eigenvalue weighted by atomic mass is 16.6. The summed E-state index contributed by atoms with van der Waals surface area (Å²) in [5, 5.41) is 18.9. The lowest BCUT2D eigenvalue weighted by atomic mass is 10.0. The molecule has 0 aromatic carbocycles. The van der Waals surface area contributed by atoms with Crippen LogP contribution >= 0.6 is 0 Å². The second-order valence-corrected chi connectivity index (χ2v) is 10.4. The molecular weight excluding hydrogens is 388 g/mol. The quantitative estimate of drug-likeness (QED) is 0.610. The summed E-state index contributed by atoms with van der Waals surface area (Å²) >= 11 is 0. The lowest BCUT2D eigenvalue weighted by molar-refractivity contribution is -0.00589. The number of nitrogens with zero attached hydrogens (tertiary/aromatic N) is 2. The third kappa shape index (κ3) is 9.51. The van der Waals surface area contributed by atoms with Crippen LogP contribution < -0.4 is 0 Å². The predicted octanol–water partition coefficient (Wildman–Crippen LogP) is 3.53. The summed E-state index contributed by atoms with van der Waals surface area (Å²) in [7, 11) is 0. The highest BCUT2D eigenvalue weighted by Gasteiger charge is 2.31. The molecule has 2 amide bonds. The van der Waals surface area contributed by atoms with Crippen molar-refractivity contribution >= 4 is 12.2 Å². The van der Waals surface area contributed by atoms with E-state index in [2.05, 4.69) is 0 Å². The number of carbonyl (C=O) groups excluding carboxylic acids is 2. The number of aliphatic hydroxyl groups is 2. The number of likely N-dealkylation sites (tertiary alicyclic amines) is 2. The SMILES string of the molecule is C[C@@H]1C[C@@H](O)CCN1C(=O)OC(C)(C)C.C[C@H]1C[C@H](O)CCN1C(=O)OC(C)(C)C. The number of aliphatic hydroxyl groups excluding tert-OH is 2. The number of ether oxygens (including phenoxy) is 2. The second-order valence-electron chi connectivity index (χ2n) is 10.4. The molecule has 0 saturated carbocycles. The van der Waals surface area contributed by atoms with Crippen molar-refractivity contribution in [3.8, 4) is 0 Å². The van der Waals surface area contributed by atoms with Gasteiger partial charge >= 0.3 is 12.2 Å². The zero-order valence-electron chi connectivity index (χ0n) is 20.0. The largest absolute Gasteiger partial charge is 0.444 e. The van der Waals surface area contributed by atoms with Crippen LogP contribution in [0.5, 0.6) is 0 Å². The maximum absolute atomic E-state index is 11.8. The molecule has 2 aliphatic rings. The molecule has 0 bridgehead atoms. The standard InChI is InChI=1S/2C11H21NO3/c2*1-8-7-9(13)5-6-12(8)10(14)15-11(2,3)4/h2*8-9,13H,5-7H2,1-4H3/t2*8-,9+/m10/s1. The first kappa shape index (κ1) is 26.5. The van der Waals surface area contributed by atoms with E-state index in [0.717, 1.165) is 0 Å². The first-order valence-electron chi connectivity index (χ1n) is 10.9. The van der Waals surface area contributed by atoms with Crippen molar-refractivity contribution in [3.05, 3.63) is 0 Å². The maximum Gasteiger partial charge on any atom is 0.410 e. The van der Waals surface area contributed by atoms with E-state index in [1.54, 1.807) is 9.80 Å². The van der Waals surface area contributed by atoms with E-state index in [1.807, 2.05) is 55.4 Å². The van der Waals surface area contributed by atoms with Crippen LogP contribution in [0.25, 0.3) is 0 Å². The van der Waals surface area contributed by atoms with Crippen LogP contribution in [0, 0.1) is 0 Å². The number of amides is 2. The summed E-state index contributed by atoms with van der Waals surface area (Å²) < 4.78 is 10.6. The van der Waals surface area contributed by atoms with Gasteiger partial charge in [-0.1, -0.05) is 0 Å². The number of rotatable bonds is 0. The number of carbonyl (C=O) groups is 2. The minimum atomic E-state index is -0.452. The minimum absolute atomic E-state index is 0.0589. The molecule has 176 valence electrons. The normalized spacial score (nSPS) is 27.7. The van der Waals surface area contributed by atoms with Crippen LogP contribution in [0.4, 0.5) is 9.59 Å². The molecule has 0 unspecified atom stereocenters. The lowest BCUT2D eigenvalue weighted by Crippen LogP contribution is -2.47. The lowest BCUT2D eigenvalue weighted by Gasteiger charge is -2.36. The third-order valence-electron chi connectivity index (χ3n) is 4.95. The fourth-order valence-electron chi connectivity index (χ4n) is 3.48. The summed E-state index contributed by atoms with van der Waals surface area (Å²) in [6.07, 6.45) is 1.45. The summed E-state index contributed by atoms with van der Waals surface area (Å²) in [6, 6.07) is 0.118. The monoisotopic (exact) mass is 430 g/mol. The summed E-state index contributed by atoms with van der Waals surface area (Å²) in [5.41, 5.74) is -0.903. The molecule has 0 aromatic rings. The molecule has 8 nitrogen and oxygen atoms in total. The number of hydrogen-bond acceptors (Lipinski definition) is 6. The van der Waals surface area contributed by atoms with Crippen molar-refractivity contribution in [1.29, 1.82) is 0 Å². The Morgan fingerprint density at radius 3 is 1.27 bits per heavy atom. The first-order chi connectivity index (χ1) is 13.6. The molecule has 30 heavy (non-hydrogen) atoms. The summed E-state index contributed by atoms with van der Waals surface area (Å²) in [4.78, 5) is 26.9. The average molecular weight is 431 g/mol. The van der Waals surface area contributed by atoms with Gasteiger partial charge in [0.1, 0.15) is 11.2 Å². The maximum atomic E-state index is 11.8. The van der Waals surface area contributed by atoms with Gasteiger partial charge in [0, 0.05) is 25.2 Å². The van der Waals surface area contributed by atoms with Crippen LogP contribution in [-0.4, -0.2) is 80.8 Å². The predicted molar refractivity (Wildman–Crippen MR) is 115 cm³/mol. The van der Waals surface area contributed by atoms with E-state index in [1.165, 1.54) is 0 Å². The van der Waals surface area contributed by atoms with Crippen LogP contribution in [0.3, 0.4) is 0 Å². The molecule has 2 fully saturated rings. The Morgan fingerprint density at radius 2 is 1.03 bits per heavy atom. The Balaban J connectivity index is 0.000000300. The Hall–Kier alpha value is -1.54. The van der Waals surface area contributed by atoms with Gasteiger partial charge in [-0.2, -0.15) is 0 Å². The molecule has 2 heterocycles. The van der Waals surface area contributed by atoms with Gasteiger partial charge in [-0.3, -0.25) is 0 Å². The van der Waals surface area contributed by atoms with Crippen molar-refractivity contribution in [3.63, 3.8) is 0 Å². The van der Waals surface area contributed by atoms with E-state index in [0.29, 0.717) is 38.8 Å². The topological polar surface area (TPSA) is 99.5 Å². The molecule has 0 aliphatic carbocycles. The fraction of sp³-hybridized carbons (Fsp3) is 0.909. The van der Waals surface area contributed by atoms with Gasteiger partial charge < -0.3 is 29.5 Å². The zero-order chi connectivity index (χ0) is 23.3. The van der Waals surface area contributed by atoms with Crippen molar-refractivity contribution < 1.29 is 29.3 Å². The van der Waals surface area contributed by atoms with E-state index < -0.39 is 11.2 Å². The van der Waals surface area contributed by atoms with Crippen LogP contribution in [0.15, 0.2) is 0 Å². The Labute approximate surface area is 181 Å². The van der Waals surface area contributed by atoms with E-state index in [9.17, 15) is 19.8 Å². The highest BCUT2D eigenvalue weighted by molar-refractivity contribution is 5.69. The molecule has 2 N–H and O–H groups in total. The third-order valence-corrected chi connectivity index (χ3v) is 4.95. The van der Waals surface area contributed by atoms with Gasteiger partial charge in [-0.15, -0.1) is 0 Å². The smallest absolute Gasteiger partial charge is 0.410 e. The Morgan fingerprint density at radius 1 is 0.733 bits per heavy atom. The van der Waals surface area contributed by atoms with Crippen molar-refractivity contribution in [2.24, 2.45) is 0 Å². The van der Waals surface area contributed by atoms with Gasteiger partial charge in [-0.05, 0) is 81.1 Å². The van der Waals surface area contributed by atoms with E-state index in [4.69, 9.17) is 9.47 Å². The molecule has 4 atom stereocenters. The van der Waals surface area contributed by atoms with Crippen LogP contribution in [-0.2, 0) is 9.47 Å². The first-order valence-corrected chi connectivity index (χ1v) is 10.9. The Bertz CT molecular complexity index is 519. The minimum Gasteiger partial charge on any atom is -0.444 e. The van der Waals surface area contributed by atoms with E-state index >= 15 is 0 Å². The molecule has 0 spiro atoms. The fourth-order valence-corrected chi connectivity index (χ4v) is 3.48. The highest BCUT2D eigenvalue weighted by Crippen LogP contribution is 2.21. The van der Waals surface area contributed by atoms with Crippen molar-refractivity contribution in [1.82, 2.24) is 9.80 Å². The molecular formula is C22H42N2O6. The van der Waals surface area contributed by atoms with Gasteiger partial charge in [0.15, 0.2) is 0 Å². The molecule has 2 rings (SSSR count). The molecule has 0 aromatic heterocycles. The molecule has 0 radical (unpaired) electrons. The van der Waals surface area contributed by atoms with Crippen molar-refractivity contribution in [2.75, 3.05) is 13.1 Å². The Kier molecular flexibility index (Phi) is 9.42. The van der Waals surface area contributed by atoms with Crippen molar-refractivity contribution in [2.45, 2.75) is 117 Å². The summed E-state index contributed by atoms with van der Waals surface area (Å²) in [5.74, 6) is 0. The van der Waals surface area contributed by atoms with E-state index in [-0.39, 0.29) is 36.5 Å². The van der Waals surface area contributed by atoms with Crippen LogP contribution in [0.1, 0.15) is 81.1 Å². The van der Waals surface area contributed by atoms with Gasteiger partial charge in [0.2, 0.25) is 0 Å². The number of hydrogen-bond donors (Lipinski definition) is 2. The molecule has 8 heteroatoms. The second kappa shape index (κ2) is 10.7. The zero-order valence-corrected chi connectivity index (χ0v) is 20.0. The molecule has 2 aliphatic heterocycles. The van der Waals surface area contributed by atoms with Crippen LogP contribution in [0.2, 0.25) is 0 Å². The average Bonchev–Trinajstić information content (AvgIpc) is 2.51. The van der Waals surface area contributed by atoms with Gasteiger partial charge in [0.25, 0.3) is 0 Å². The van der Waals surface area contributed by atoms with Gasteiger partial charge in [-0.25, -0.2) is 9.59 Å².